The van der Waals surface area contributed by atoms with Crippen LogP contribution in [0.4, 0.5) is 0 Å². The van der Waals surface area contributed by atoms with Crippen LogP contribution in [-0.2, 0) is 11.2 Å². The number of carbonyl (C=O) groups excluding carboxylic acids is 1. The molecule has 2 aromatic heterocycles. The molecule has 0 spiro atoms. The average Bonchev–Trinajstić information content (AvgIpc) is 3.25. The third kappa shape index (κ3) is 2.84. The lowest BCUT2D eigenvalue weighted by Crippen LogP contribution is -2.31. The maximum absolute atomic E-state index is 12.9. The predicted molar refractivity (Wildman–Crippen MR) is 98.6 cm³/mol. The van der Waals surface area contributed by atoms with Crippen molar-refractivity contribution >= 4 is 38.8 Å². The number of likely N-dealkylation sites (tertiary alicyclic amines) is 1. The molecule has 4 nitrogen and oxygen atoms in total. The number of aryl methyl sites for hydroxylation is 2. The fourth-order valence-corrected chi connectivity index (χ4v) is 5.37. The molecule has 4 rings (SSSR count). The lowest BCUT2D eigenvalue weighted by atomic mass is 10.2. The van der Waals surface area contributed by atoms with Crippen LogP contribution in [0, 0.1) is 13.8 Å². The van der Waals surface area contributed by atoms with Crippen LogP contribution < -0.4 is 0 Å². The first-order valence-electron chi connectivity index (χ1n) is 8.19. The molecule has 1 fully saturated rings. The van der Waals surface area contributed by atoms with Gasteiger partial charge < -0.3 is 4.90 Å². The van der Waals surface area contributed by atoms with E-state index in [1.54, 1.807) is 22.7 Å². The largest absolute Gasteiger partial charge is 0.333 e. The molecule has 24 heavy (non-hydrogen) atoms. The number of amides is 1. The van der Waals surface area contributed by atoms with Crippen molar-refractivity contribution < 1.29 is 4.79 Å². The Hall–Kier alpha value is -1.79. The maximum Gasteiger partial charge on any atom is 0.228 e. The van der Waals surface area contributed by atoms with Crippen molar-refractivity contribution in [2.75, 3.05) is 6.54 Å². The van der Waals surface area contributed by atoms with E-state index in [2.05, 4.69) is 11.1 Å². The fraction of sp³-hybridized carbons (Fsp3) is 0.389. The number of nitrogens with zero attached hydrogens (tertiary/aromatic N) is 3. The van der Waals surface area contributed by atoms with Gasteiger partial charge >= 0.3 is 0 Å². The second-order valence-electron chi connectivity index (χ2n) is 6.18. The number of aromatic nitrogens is 2. The van der Waals surface area contributed by atoms with Crippen molar-refractivity contribution in [3.8, 4) is 0 Å². The summed E-state index contributed by atoms with van der Waals surface area (Å²) in [6, 6.07) is 8.32. The Kier molecular flexibility index (Phi) is 4.10. The number of rotatable bonds is 3. The number of benzene rings is 1. The monoisotopic (exact) mass is 357 g/mol. The molecule has 0 unspecified atom stereocenters. The van der Waals surface area contributed by atoms with Gasteiger partial charge in [0.15, 0.2) is 0 Å². The highest BCUT2D eigenvalue weighted by atomic mass is 32.1. The first-order valence-corrected chi connectivity index (χ1v) is 9.83. The number of fused-ring (bicyclic) bond motifs is 1. The average molecular weight is 358 g/mol. The van der Waals surface area contributed by atoms with E-state index in [1.165, 1.54) is 4.70 Å². The Bertz CT molecular complexity index is 866. The summed E-state index contributed by atoms with van der Waals surface area (Å²) in [5.41, 5.74) is 2.02. The summed E-state index contributed by atoms with van der Waals surface area (Å²) in [4.78, 5) is 25.2. The predicted octanol–water partition coefficient (Wildman–Crippen LogP) is 4.28. The molecule has 1 aromatic carbocycles. The minimum absolute atomic E-state index is 0.129. The summed E-state index contributed by atoms with van der Waals surface area (Å²) < 4.78 is 1.20. The van der Waals surface area contributed by atoms with Crippen molar-refractivity contribution in [1.29, 1.82) is 0 Å². The zero-order valence-corrected chi connectivity index (χ0v) is 15.4. The molecule has 0 bridgehead atoms. The zero-order chi connectivity index (χ0) is 16.7. The standard InChI is InChI=1S/C18H19N3OS2/c1-11-16(23-12(2)19-11)10-17(22)21-9-5-7-14(21)18-20-13-6-3-4-8-15(13)24-18/h3-4,6,8,14H,5,7,9-10H2,1-2H3/t14-/m0/s1. The summed E-state index contributed by atoms with van der Waals surface area (Å²) in [7, 11) is 0. The molecule has 0 saturated carbocycles. The molecule has 0 aliphatic carbocycles. The Morgan fingerprint density at radius 1 is 1.25 bits per heavy atom. The van der Waals surface area contributed by atoms with Gasteiger partial charge in [0.25, 0.3) is 0 Å². The SMILES string of the molecule is Cc1nc(C)c(CC(=O)N2CCC[C@H]2c2nc3ccccc3s2)s1. The van der Waals surface area contributed by atoms with Gasteiger partial charge in [-0.25, -0.2) is 9.97 Å². The molecule has 124 valence electrons. The molecular weight excluding hydrogens is 338 g/mol. The van der Waals surface area contributed by atoms with Crippen molar-refractivity contribution in [1.82, 2.24) is 14.9 Å². The summed E-state index contributed by atoms with van der Waals surface area (Å²) in [5, 5.41) is 2.10. The number of hydrogen-bond acceptors (Lipinski definition) is 5. The van der Waals surface area contributed by atoms with Gasteiger partial charge in [0.05, 0.1) is 33.4 Å². The van der Waals surface area contributed by atoms with Crippen LogP contribution in [-0.4, -0.2) is 27.3 Å². The van der Waals surface area contributed by atoms with Gasteiger partial charge in [0.1, 0.15) is 5.01 Å². The number of carbonyl (C=O) groups is 1. The third-order valence-corrected chi connectivity index (χ3v) is 6.69. The molecule has 1 amide bonds. The summed E-state index contributed by atoms with van der Waals surface area (Å²) >= 11 is 3.35. The van der Waals surface area contributed by atoms with E-state index in [-0.39, 0.29) is 11.9 Å². The molecule has 0 N–H and O–H groups in total. The van der Waals surface area contributed by atoms with Gasteiger partial charge in [-0.3, -0.25) is 4.79 Å². The van der Waals surface area contributed by atoms with Gasteiger partial charge in [-0.15, -0.1) is 22.7 Å². The van der Waals surface area contributed by atoms with Crippen LogP contribution in [0.15, 0.2) is 24.3 Å². The van der Waals surface area contributed by atoms with Crippen molar-refractivity contribution in [3.63, 3.8) is 0 Å². The van der Waals surface area contributed by atoms with E-state index in [4.69, 9.17) is 4.98 Å². The van der Waals surface area contributed by atoms with E-state index in [0.29, 0.717) is 6.42 Å². The molecule has 0 radical (unpaired) electrons. The number of para-hydroxylation sites is 1. The Morgan fingerprint density at radius 2 is 2.08 bits per heavy atom. The van der Waals surface area contributed by atoms with Gasteiger partial charge in [0, 0.05) is 11.4 Å². The topological polar surface area (TPSA) is 46.1 Å². The van der Waals surface area contributed by atoms with Crippen molar-refractivity contribution in [2.45, 2.75) is 39.2 Å². The molecule has 1 aliphatic rings. The van der Waals surface area contributed by atoms with E-state index in [9.17, 15) is 4.79 Å². The van der Waals surface area contributed by atoms with Gasteiger partial charge in [-0.1, -0.05) is 12.1 Å². The summed E-state index contributed by atoms with van der Waals surface area (Å²) in [5.74, 6) is 0.198. The van der Waals surface area contributed by atoms with Crippen LogP contribution in [0.25, 0.3) is 10.2 Å². The lowest BCUT2D eigenvalue weighted by Gasteiger charge is -2.23. The fourth-order valence-electron chi connectivity index (χ4n) is 3.33. The first-order chi connectivity index (χ1) is 11.6. The van der Waals surface area contributed by atoms with E-state index >= 15 is 0 Å². The molecule has 3 heterocycles. The van der Waals surface area contributed by atoms with E-state index in [1.807, 2.05) is 36.9 Å². The minimum atomic E-state index is 0.129. The molecule has 1 aliphatic heterocycles. The van der Waals surface area contributed by atoms with Gasteiger partial charge in [-0.05, 0) is 38.8 Å². The maximum atomic E-state index is 12.9. The van der Waals surface area contributed by atoms with E-state index < -0.39 is 0 Å². The lowest BCUT2D eigenvalue weighted by molar-refractivity contribution is -0.131. The van der Waals surface area contributed by atoms with Crippen LogP contribution in [0.3, 0.4) is 0 Å². The molecule has 3 aromatic rings. The minimum Gasteiger partial charge on any atom is -0.333 e. The zero-order valence-electron chi connectivity index (χ0n) is 13.8. The van der Waals surface area contributed by atoms with E-state index in [0.717, 1.165) is 45.5 Å². The third-order valence-electron chi connectivity index (χ3n) is 4.48. The second-order valence-corrected chi connectivity index (χ2v) is 8.53. The van der Waals surface area contributed by atoms with Gasteiger partial charge in [-0.2, -0.15) is 0 Å². The smallest absolute Gasteiger partial charge is 0.228 e. The highest BCUT2D eigenvalue weighted by molar-refractivity contribution is 7.18. The van der Waals surface area contributed by atoms with Crippen molar-refractivity contribution in [2.24, 2.45) is 0 Å². The van der Waals surface area contributed by atoms with Gasteiger partial charge in [0.2, 0.25) is 5.91 Å². The Morgan fingerprint density at radius 3 is 2.83 bits per heavy atom. The van der Waals surface area contributed by atoms with Crippen molar-refractivity contribution in [3.05, 3.63) is 44.9 Å². The molecule has 6 heteroatoms. The van der Waals surface area contributed by atoms with Crippen LogP contribution in [0.5, 0.6) is 0 Å². The summed E-state index contributed by atoms with van der Waals surface area (Å²) in [6.45, 7) is 4.81. The number of hydrogen-bond donors (Lipinski definition) is 0. The van der Waals surface area contributed by atoms with Crippen LogP contribution in [0.2, 0.25) is 0 Å². The Labute approximate surface area is 149 Å². The number of thiazole rings is 2. The highest BCUT2D eigenvalue weighted by Gasteiger charge is 2.32. The molecule has 1 atom stereocenters. The Balaban J connectivity index is 1.57. The highest BCUT2D eigenvalue weighted by Crippen LogP contribution is 2.37. The quantitative estimate of drug-likeness (QED) is 0.703. The second kappa shape index (κ2) is 6.26. The molecule has 1 saturated heterocycles. The van der Waals surface area contributed by atoms with Crippen LogP contribution in [0.1, 0.15) is 39.5 Å². The molecular formula is C18H19N3OS2. The first kappa shape index (κ1) is 15.7. The summed E-state index contributed by atoms with van der Waals surface area (Å²) in [6.07, 6.45) is 2.51. The normalized spacial score (nSPS) is 17.8. The van der Waals surface area contributed by atoms with Crippen LogP contribution >= 0.6 is 22.7 Å².